The first-order chi connectivity index (χ1) is 8.52. The highest BCUT2D eigenvalue weighted by Gasteiger charge is 2.11. The first-order valence-electron chi connectivity index (χ1n) is 5.18. The molecule has 0 spiro atoms. The number of amidine groups is 1. The minimum Gasteiger partial charge on any atom is -0.377 e. The predicted molar refractivity (Wildman–Crippen MR) is 76.8 cm³/mol. The zero-order chi connectivity index (χ0) is 13.3. The van der Waals surface area contributed by atoms with Gasteiger partial charge in [0.2, 0.25) is 0 Å². The van der Waals surface area contributed by atoms with Crippen LogP contribution in [0.2, 0.25) is 0 Å². The molecule has 96 valence electrons. The van der Waals surface area contributed by atoms with Crippen LogP contribution in [0, 0.1) is 13.8 Å². The summed E-state index contributed by atoms with van der Waals surface area (Å²) >= 11 is 2.75. The molecule has 0 amide bonds. The summed E-state index contributed by atoms with van der Waals surface area (Å²) in [5.41, 5.74) is 6.35. The maximum absolute atomic E-state index is 12.0. The van der Waals surface area contributed by atoms with Gasteiger partial charge in [-0.3, -0.25) is 4.79 Å². The Morgan fingerprint density at radius 2 is 2.28 bits per heavy atom. The Bertz CT molecular complexity index is 673. The van der Waals surface area contributed by atoms with E-state index in [2.05, 4.69) is 15.1 Å². The van der Waals surface area contributed by atoms with Gasteiger partial charge in [0.1, 0.15) is 10.7 Å². The second kappa shape index (κ2) is 4.99. The van der Waals surface area contributed by atoms with Gasteiger partial charge in [-0.15, -0.1) is 11.3 Å². The highest BCUT2D eigenvalue weighted by Crippen LogP contribution is 2.26. The third-order valence-corrected chi connectivity index (χ3v) is 4.49. The Hall–Kier alpha value is -1.54. The third-order valence-electron chi connectivity index (χ3n) is 2.57. The summed E-state index contributed by atoms with van der Waals surface area (Å²) in [6.07, 6.45) is 0. The minimum atomic E-state index is -0.110. The number of rotatable bonds is 2. The molecule has 0 saturated heterocycles. The molecule has 0 saturated carbocycles. The summed E-state index contributed by atoms with van der Waals surface area (Å²) in [6.45, 7) is 3.91. The van der Waals surface area contributed by atoms with Crippen molar-refractivity contribution in [2.75, 3.05) is 0 Å². The summed E-state index contributed by atoms with van der Waals surface area (Å²) in [6, 6.07) is 0. The van der Waals surface area contributed by atoms with Gasteiger partial charge in [-0.2, -0.15) is 5.10 Å². The average molecular weight is 283 g/mol. The summed E-state index contributed by atoms with van der Waals surface area (Å²) in [5, 5.41) is 4.28. The number of aryl methyl sites for hydroxylation is 2. The quantitative estimate of drug-likeness (QED) is 0.330. The van der Waals surface area contributed by atoms with Crippen LogP contribution in [0.25, 0.3) is 10.2 Å². The molecule has 6 nitrogen and oxygen atoms in total. The van der Waals surface area contributed by atoms with Gasteiger partial charge in [-0.1, -0.05) is 11.8 Å². The first kappa shape index (κ1) is 12.9. The fraction of sp³-hybridized carbons (Fsp3) is 0.300. The molecule has 2 aromatic rings. The zero-order valence-corrected chi connectivity index (χ0v) is 11.6. The van der Waals surface area contributed by atoms with Crippen molar-refractivity contribution in [3.05, 3.63) is 26.6 Å². The van der Waals surface area contributed by atoms with Crippen LogP contribution in [0.1, 0.15) is 16.3 Å². The van der Waals surface area contributed by atoms with Crippen molar-refractivity contribution in [3.63, 3.8) is 0 Å². The summed E-state index contributed by atoms with van der Waals surface area (Å²) < 4.78 is 0. The molecule has 0 radical (unpaired) electrons. The van der Waals surface area contributed by atoms with Crippen molar-refractivity contribution in [1.82, 2.24) is 9.97 Å². The fourth-order valence-electron chi connectivity index (χ4n) is 1.55. The zero-order valence-electron chi connectivity index (χ0n) is 9.98. The average Bonchev–Trinajstić information content (AvgIpc) is 2.62. The smallest absolute Gasteiger partial charge is 0.259 e. The lowest BCUT2D eigenvalue weighted by Gasteiger charge is -2.00. The number of fused-ring (bicyclic) bond motifs is 1. The Balaban J connectivity index is 2.41. The van der Waals surface area contributed by atoms with Crippen LogP contribution < -0.4 is 17.1 Å². The van der Waals surface area contributed by atoms with E-state index in [4.69, 9.17) is 11.6 Å². The molecule has 2 aromatic heterocycles. The first-order valence-corrected chi connectivity index (χ1v) is 6.98. The molecule has 5 N–H and O–H groups in total. The standard InChI is InChI=1S/C10H13N5OS2/c1-4-5(2)18-9-7(4)8(16)13-6(14-9)3-17-10(11)15-12/h3,12H2,1-2H3,(H2,11,15)(H,13,14,16). The van der Waals surface area contributed by atoms with Crippen molar-refractivity contribution < 1.29 is 0 Å². The summed E-state index contributed by atoms with van der Waals surface area (Å²) in [4.78, 5) is 21.0. The molecule has 0 aliphatic rings. The Kier molecular flexibility index (Phi) is 3.58. The van der Waals surface area contributed by atoms with Gasteiger partial charge >= 0.3 is 0 Å². The van der Waals surface area contributed by atoms with Crippen molar-refractivity contribution in [2.24, 2.45) is 16.7 Å². The van der Waals surface area contributed by atoms with Crippen LogP contribution in [-0.4, -0.2) is 15.1 Å². The number of aromatic nitrogens is 2. The maximum atomic E-state index is 12.0. The Morgan fingerprint density at radius 1 is 1.56 bits per heavy atom. The van der Waals surface area contributed by atoms with E-state index in [0.717, 1.165) is 15.3 Å². The van der Waals surface area contributed by atoms with Crippen LogP contribution >= 0.6 is 23.1 Å². The summed E-state index contributed by atoms with van der Waals surface area (Å²) in [5.74, 6) is 6.04. The van der Waals surface area contributed by atoms with Crippen molar-refractivity contribution in [1.29, 1.82) is 0 Å². The maximum Gasteiger partial charge on any atom is 0.259 e. The van der Waals surface area contributed by atoms with Gasteiger partial charge in [0.05, 0.1) is 11.1 Å². The van der Waals surface area contributed by atoms with Gasteiger partial charge < -0.3 is 16.6 Å². The second-order valence-electron chi connectivity index (χ2n) is 3.73. The number of nitrogens with one attached hydrogen (secondary N) is 1. The molecule has 8 heteroatoms. The van der Waals surface area contributed by atoms with Crippen LogP contribution in [0.5, 0.6) is 0 Å². The van der Waals surface area contributed by atoms with Gasteiger partial charge in [0.25, 0.3) is 5.56 Å². The largest absolute Gasteiger partial charge is 0.377 e. The van der Waals surface area contributed by atoms with E-state index < -0.39 is 0 Å². The third kappa shape index (κ3) is 2.34. The number of nitrogens with zero attached hydrogens (tertiary/aromatic N) is 2. The predicted octanol–water partition coefficient (Wildman–Crippen LogP) is 1.02. The number of H-pyrrole nitrogens is 1. The van der Waals surface area contributed by atoms with E-state index >= 15 is 0 Å². The number of thiophene rings is 1. The molecule has 0 fully saturated rings. The second-order valence-corrected chi connectivity index (χ2v) is 5.93. The molecule has 2 rings (SSSR count). The van der Waals surface area contributed by atoms with E-state index in [9.17, 15) is 4.79 Å². The molecule has 0 bridgehead atoms. The van der Waals surface area contributed by atoms with E-state index in [0.29, 0.717) is 17.0 Å². The molecule has 0 unspecified atom stereocenters. The van der Waals surface area contributed by atoms with Gasteiger partial charge in [0.15, 0.2) is 5.17 Å². The number of hydrogen-bond acceptors (Lipinski definition) is 6. The van der Waals surface area contributed by atoms with E-state index in [1.54, 1.807) is 0 Å². The Labute approximate surface area is 111 Å². The van der Waals surface area contributed by atoms with E-state index in [-0.39, 0.29) is 10.7 Å². The number of hydrazone groups is 1. The SMILES string of the molecule is Cc1sc2nc(CSC(N)=NN)[nH]c(=O)c2c1C. The fourth-order valence-corrected chi connectivity index (χ4v) is 3.09. The monoisotopic (exact) mass is 283 g/mol. The van der Waals surface area contributed by atoms with Crippen molar-refractivity contribution in [2.45, 2.75) is 19.6 Å². The molecule has 18 heavy (non-hydrogen) atoms. The molecule has 0 atom stereocenters. The molecule has 0 aliphatic heterocycles. The van der Waals surface area contributed by atoms with E-state index in [1.165, 1.54) is 23.1 Å². The number of thioether (sulfide) groups is 1. The minimum absolute atomic E-state index is 0.110. The van der Waals surface area contributed by atoms with Crippen LogP contribution in [0.3, 0.4) is 0 Å². The highest BCUT2D eigenvalue weighted by atomic mass is 32.2. The number of hydrogen-bond donors (Lipinski definition) is 3. The van der Waals surface area contributed by atoms with Crippen molar-refractivity contribution in [3.8, 4) is 0 Å². The van der Waals surface area contributed by atoms with Crippen LogP contribution in [0.4, 0.5) is 0 Å². The number of aromatic amines is 1. The lowest BCUT2D eigenvalue weighted by atomic mass is 10.2. The normalized spacial score (nSPS) is 12.2. The van der Waals surface area contributed by atoms with E-state index in [1.807, 2.05) is 13.8 Å². The molecule has 0 aliphatic carbocycles. The number of nitrogens with two attached hydrogens (primary N) is 2. The molecule has 0 aromatic carbocycles. The van der Waals surface area contributed by atoms with Crippen LogP contribution in [-0.2, 0) is 5.75 Å². The molecule has 2 heterocycles. The van der Waals surface area contributed by atoms with Crippen molar-refractivity contribution >= 4 is 38.5 Å². The topological polar surface area (TPSA) is 110 Å². The lowest BCUT2D eigenvalue weighted by molar-refractivity contribution is 1.05. The van der Waals surface area contributed by atoms with Gasteiger partial charge in [0, 0.05) is 4.88 Å². The van der Waals surface area contributed by atoms with Gasteiger partial charge in [-0.25, -0.2) is 4.98 Å². The highest BCUT2D eigenvalue weighted by molar-refractivity contribution is 8.13. The summed E-state index contributed by atoms with van der Waals surface area (Å²) in [7, 11) is 0. The molecular formula is C10H13N5OS2. The molecular weight excluding hydrogens is 270 g/mol. The van der Waals surface area contributed by atoms with Gasteiger partial charge in [-0.05, 0) is 19.4 Å². The Morgan fingerprint density at radius 3 is 2.94 bits per heavy atom. The van der Waals surface area contributed by atoms with Crippen LogP contribution in [0.15, 0.2) is 9.90 Å². The lowest BCUT2D eigenvalue weighted by Crippen LogP contribution is -2.13.